The SMILES string of the molecule is CCNCC1(OC(C)(C)C)CCCCCC1. The van der Waals surface area contributed by atoms with Crippen LogP contribution in [0.15, 0.2) is 0 Å². The average Bonchev–Trinajstić information content (AvgIpc) is 2.39. The van der Waals surface area contributed by atoms with Gasteiger partial charge in [0.25, 0.3) is 0 Å². The molecule has 0 spiro atoms. The third-order valence-corrected chi connectivity index (χ3v) is 3.23. The predicted octanol–water partition coefficient (Wildman–Crippen LogP) is 3.50. The largest absolute Gasteiger partial charge is 0.368 e. The minimum Gasteiger partial charge on any atom is -0.368 e. The molecule has 1 aliphatic carbocycles. The van der Waals surface area contributed by atoms with Gasteiger partial charge in [-0.15, -0.1) is 0 Å². The van der Waals surface area contributed by atoms with E-state index < -0.39 is 0 Å². The zero-order chi connectivity index (χ0) is 12.1. The van der Waals surface area contributed by atoms with Crippen molar-refractivity contribution in [3.8, 4) is 0 Å². The van der Waals surface area contributed by atoms with Gasteiger partial charge in [0.05, 0.1) is 11.2 Å². The number of hydrogen-bond acceptors (Lipinski definition) is 2. The molecule has 0 aromatic carbocycles. The van der Waals surface area contributed by atoms with Crippen LogP contribution < -0.4 is 5.32 Å². The molecule has 1 N–H and O–H groups in total. The Morgan fingerprint density at radius 1 is 1.06 bits per heavy atom. The van der Waals surface area contributed by atoms with E-state index >= 15 is 0 Å². The molecule has 1 fully saturated rings. The lowest BCUT2D eigenvalue weighted by molar-refractivity contribution is -0.137. The normalized spacial score (nSPS) is 21.8. The molecule has 0 saturated heterocycles. The van der Waals surface area contributed by atoms with Crippen LogP contribution >= 0.6 is 0 Å². The van der Waals surface area contributed by atoms with Crippen molar-refractivity contribution in [1.29, 1.82) is 0 Å². The molecule has 0 bridgehead atoms. The molecule has 2 nitrogen and oxygen atoms in total. The summed E-state index contributed by atoms with van der Waals surface area (Å²) in [5.41, 5.74) is 0.0600. The van der Waals surface area contributed by atoms with Crippen LogP contribution in [0.25, 0.3) is 0 Å². The highest BCUT2D eigenvalue weighted by atomic mass is 16.5. The Labute approximate surface area is 101 Å². The van der Waals surface area contributed by atoms with Gasteiger partial charge in [0.1, 0.15) is 0 Å². The Kier molecular flexibility index (Phi) is 5.26. The monoisotopic (exact) mass is 227 g/mol. The minimum absolute atomic E-state index is 0.0280. The predicted molar refractivity (Wildman–Crippen MR) is 69.8 cm³/mol. The molecule has 0 heterocycles. The van der Waals surface area contributed by atoms with E-state index in [4.69, 9.17) is 4.74 Å². The Balaban J connectivity index is 2.65. The summed E-state index contributed by atoms with van der Waals surface area (Å²) in [4.78, 5) is 0. The van der Waals surface area contributed by atoms with E-state index in [-0.39, 0.29) is 11.2 Å². The summed E-state index contributed by atoms with van der Waals surface area (Å²) in [6.07, 6.45) is 7.83. The lowest BCUT2D eigenvalue weighted by Crippen LogP contribution is -2.47. The van der Waals surface area contributed by atoms with Gasteiger partial charge in [-0.25, -0.2) is 0 Å². The van der Waals surface area contributed by atoms with Crippen molar-refractivity contribution in [2.45, 2.75) is 77.4 Å². The van der Waals surface area contributed by atoms with Gasteiger partial charge in [-0.2, -0.15) is 0 Å². The van der Waals surface area contributed by atoms with Crippen molar-refractivity contribution in [3.63, 3.8) is 0 Å². The van der Waals surface area contributed by atoms with Crippen LogP contribution in [0.2, 0.25) is 0 Å². The van der Waals surface area contributed by atoms with Crippen LogP contribution in [0, 0.1) is 0 Å². The van der Waals surface area contributed by atoms with Crippen LogP contribution in [-0.4, -0.2) is 24.3 Å². The van der Waals surface area contributed by atoms with E-state index in [2.05, 4.69) is 33.0 Å². The highest BCUT2D eigenvalue weighted by molar-refractivity contribution is 4.87. The van der Waals surface area contributed by atoms with Gasteiger partial charge in [0, 0.05) is 6.54 Å². The van der Waals surface area contributed by atoms with E-state index in [1.165, 1.54) is 38.5 Å². The van der Waals surface area contributed by atoms with Gasteiger partial charge in [0.2, 0.25) is 0 Å². The van der Waals surface area contributed by atoms with Crippen molar-refractivity contribution in [3.05, 3.63) is 0 Å². The molecular weight excluding hydrogens is 198 g/mol. The van der Waals surface area contributed by atoms with E-state index in [9.17, 15) is 0 Å². The Morgan fingerprint density at radius 2 is 1.62 bits per heavy atom. The molecule has 0 aromatic rings. The van der Waals surface area contributed by atoms with Gasteiger partial charge < -0.3 is 10.1 Å². The van der Waals surface area contributed by atoms with Crippen molar-refractivity contribution in [2.24, 2.45) is 0 Å². The molecule has 0 aromatic heterocycles. The highest BCUT2D eigenvalue weighted by Gasteiger charge is 2.35. The Bertz CT molecular complexity index is 187. The van der Waals surface area contributed by atoms with E-state index in [0.717, 1.165) is 13.1 Å². The van der Waals surface area contributed by atoms with Crippen molar-refractivity contribution >= 4 is 0 Å². The number of nitrogens with one attached hydrogen (secondary N) is 1. The van der Waals surface area contributed by atoms with Gasteiger partial charge in [-0.05, 0) is 40.2 Å². The highest BCUT2D eigenvalue weighted by Crippen LogP contribution is 2.33. The second kappa shape index (κ2) is 6.02. The first-order valence-corrected chi connectivity index (χ1v) is 6.88. The van der Waals surface area contributed by atoms with Crippen LogP contribution in [0.4, 0.5) is 0 Å². The second-order valence-corrected chi connectivity index (χ2v) is 6.09. The van der Waals surface area contributed by atoms with Crippen LogP contribution in [0.1, 0.15) is 66.2 Å². The number of rotatable bonds is 4. The first-order valence-electron chi connectivity index (χ1n) is 6.88. The first kappa shape index (κ1) is 14.0. The molecule has 96 valence electrons. The molecule has 0 amide bonds. The number of likely N-dealkylation sites (N-methyl/N-ethyl adjacent to an activating group) is 1. The summed E-state index contributed by atoms with van der Waals surface area (Å²) < 4.78 is 6.39. The summed E-state index contributed by atoms with van der Waals surface area (Å²) in [5.74, 6) is 0. The third-order valence-electron chi connectivity index (χ3n) is 3.23. The quantitative estimate of drug-likeness (QED) is 0.742. The summed E-state index contributed by atoms with van der Waals surface area (Å²) in [7, 11) is 0. The summed E-state index contributed by atoms with van der Waals surface area (Å²) in [5, 5.41) is 3.48. The maximum absolute atomic E-state index is 6.39. The van der Waals surface area contributed by atoms with Gasteiger partial charge >= 0.3 is 0 Å². The average molecular weight is 227 g/mol. The Morgan fingerprint density at radius 3 is 2.06 bits per heavy atom. The molecule has 2 heteroatoms. The van der Waals surface area contributed by atoms with Crippen molar-refractivity contribution < 1.29 is 4.74 Å². The summed E-state index contributed by atoms with van der Waals surface area (Å²) >= 11 is 0. The smallest absolute Gasteiger partial charge is 0.0813 e. The van der Waals surface area contributed by atoms with Crippen LogP contribution in [-0.2, 0) is 4.74 Å². The van der Waals surface area contributed by atoms with Crippen molar-refractivity contribution in [1.82, 2.24) is 5.32 Å². The third kappa shape index (κ3) is 4.84. The lowest BCUT2D eigenvalue weighted by Gasteiger charge is -2.39. The Hall–Kier alpha value is -0.0800. The topological polar surface area (TPSA) is 21.3 Å². The van der Waals surface area contributed by atoms with Gasteiger partial charge in [-0.1, -0.05) is 32.6 Å². The number of hydrogen-bond donors (Lipinski definition) is 1. The molecule has 0 radical (unpaired) electrons. The van der Waals surface area contributed by atoms with Gasteiger partial charge in [-0.3, -0.25) is 0 Å². The van der Waals surface area contributed by atoms with E-state index in [1.807, 2.05) is 0 Å². The summed E-state index contributed by atoms with van der Waals surface area (Å²) in [6.45, 7) is 10.7. The molecular formula is C14H29NO. The van der Waals surface area contributed by atoms with Crippen molar-refractivity contribution in [2.75, 3.05) is 13.1 Å². The molecule has 1 saturated carbocycles. The van der Waals surface area contributed by atoms with Crippen LogP contribution in [0.5, 0.6) is 0 Å². The summed E-state index contributed by atoms with van der Waals surface area (Å²) in [6, 6.07) is 0. The zero-order valence-corrected chi connectivity index (χ0v) is 11.6. The first-order chi connectivity index (χ1) is 7.47. The molecule has 0 atom stereocenters. The fourth-order valence-electron chi connectivity index (χ4n) is 2.69. The molecule has 1 rings (SSSR count). The molecule has 0 aliphatic heterocycles. The fraction of sp³-hybridized carbons (Fsp3) is 1.00. The standard InChI is InChI=1S/C14H29NO/c1-5-15-12-14(16-13(2,3)4)10-8-6-7-9-11-14/h15H,5-12H2,1-4H3. The zero-order valence-electron chi connectivity index (χ0n) is 11.6. The molecule has 0 unspecified atom stereocenters. The van der Waals surface area contributed by atoms with Gasteiger partial charge in [0.15, 0.2) is 0 Å². The maximum Gasteiger partial charge on any atom is 0.0813 e. The maximum atomic E-state index is 6.39. The molecule has 1 aliphatic rings. The lowest BCUT2D eigenvalue weighted by atomic mass is 9.92. The van der Waals surface area contributed by atoms with E-state index in [1.54, 1.807) is 0 Å². The number of ether oxygens (including phenoxy) is 1. The van der Waals surface area contributed by atoms with Crippen LogP contribution in [0.3, 0.4) is 0 Å². The fourth-order valence-corrected chi connectivity index (χ4v) is 2.69. The minimum atomic E-state index is -0.0280. The molecule has 16 heavy (non-hydrogen) atoms. The second-order valence-electron chi connectivity index (χ2n) is 6.09. The van der Waals surface area contributed by atoms with E-state index in [0.29, 0.717) is 0 Å².